The highest BCUT2D eigenvalue weighted by Gasteiger charge is 1.98. The largest absolute Gasteiger partial charge is 0.325 e. The van der Waals surface area contributed by atoms with Crippen LogP contribution in [0, 0.1) is 11.8 Å². The molecule has 0 amide bonds. The molecule has 0 aliphatic heterocycles. The van der Waals surface area contributed by atoms with Gasteiger partial charge in [-0.05, 0) is 14.1 Å². The molecule has 0 atom stereocenters. The third-order valence-corrected chi connectivity index (χ3v) is 1.89. The van der Waals surface area contributed by atoms with Gasteiger partial charge in [0, 0.05) is 13.2 Å². The Kier molecular flexibility index (Phi) is 3.55. The molecular weight excluding hydrogens is 178 g/mol. The number of rotatable bonds is 2. The molecule has 1 heterocycles. The van der Waals surface area contributed by atoms with Crippen molar-refractivity contribution in [1.29, 1.82) is 0 Å². The molecule has 0 saturated heterocycles. The predicted molar refractivity (Wildman–Crippen MR) is 56.1 cm³/mol. The topological polar surface area (TPSA) is 41.0 Å². The first-order valence-corrected chi connectivity index (χ1v) is 4.45. The van der Waals surface area contributed by atoms with E-state index in [9.17, 15) is 4.79 Å². The second kappa shape index (κ2) is 4.68. The fourth-order valence-corrected chi connectivity index (χ4v) is 1.01. The molecule has 0 aliphatic carbocycles. The minimum absolute atomic E-state index is 0.0885. The van der Waals surface area contributed by atoms with Crippen LogP contribution in [-0.2, 0) is 13.5 Å². The Morgan fingerprint density at radius 2 is 2.21 bits per heavy atom. The monoisotopic (exact) mass is 193 g/mol. The van der Waals surface area contributed by atoms with Crippen molar-refractivity contribution >= 4 is 0 Å². The maximum atomic E-state index is 11.0. The second-order valence-corrected chi connectivity index (χ2v) is 3.41. The normalized spacial score (nSPS) is 10.0. The molecule has 1 aromatic rings. The van der Waals surface area contributed by atoms with Gasteiger partial charge in [-0.15, -0.1) is 0 Å². The molecule has 0 fully saturated rings. The van der Waals surface area contributed by atoms with Crippen molar-refractivity contribution in [2.75, 3.05) is 20.6 Å². The van der Waals surface area contributed by atoms with E-state index in [2.05, 4.69) is 16.8 Å². The Morgan fingerprint density at radius 3 is 2.71 bits per heavy atom. The summed E-state index contributed by atoms with van der Waals surface area (Å²) >= 11 is 0. The van der Waals surface area contributed by atoms with E-state index in [1.54, 1.807) is 17.8 Å². The van der Waals surface area contributed by atoms with Crippen molar-refractivity contribution in [1.82, 2.24) is 14.5 Å². The third kappa shape index (κ3) is 2.79. The zero-order valence-electron chi connectivity index (χ0n) is 8.79. The summed E-state index contributed by atoms with van der Waals surface area (Å²) in [5.74, 6) is 6.03. The van der Waals surface area contributed by atoms with E-state index in [1.165, 1.54) is 0 Å². The van der Waals surface area contributed by atoms with E-state index < -0.39 is 0 Å². The zero-order valence-corrected chi connectivity index (χ0v) is 8.79. The molecule has 0 aliphatic rings. The number of hydrogen-bond acceptors (Lipinski definition) is 2. The average molecular weight is 193 g/mol. The number of aromatic nitrogens is 2. The fourth-order valence-electron chi connectivity index (χ4n) is 1.01. The molecule has 76 valence electrons. The molecular formula is C10H15N3O. The highest BCUT2D eigenvalue weighted by Crippen LogP contribution is 1.91. The SMILES string of the molecule is CN(C)CC#CCc1c[nH]c(=O)n1C. The summed E-state index contributed by atoms with van der Waals surface area (Å²) in [6.07, 6.45) is 2.32. The molecule has 0 aromatic carbocycles. The maximum Gasteiger partial charge on any atom is 0.325 e. The van der Waals surface area contributed by atoms with E-state index in [-0.39, 0.29) is 5.69 Å². The van der Waals surface area contributed by atoms with Crippen LogP contribution in [0.2, 0.25) is 0 Å². The minimum Gasteiger partial charge on any atom is -0.312 e. The van der Waals surface area contributed by atoms with Gasteiger partial charge in [0.25, 0.3) is 0 Å². The summed E-state index contributed by atoms with van der Waals surface area (Å²) in [5, 5.41) is 0. The molecule has 4 heteroatoms. The number of nitrogens with one attached hydrogen (secondary N) is 1. The van der Waals surface area contributed by atoms with Crippen LogP contribution in [0.5, 0.6) is 0 Å². The Labute approximate surface area is 83.5 Å². The molecule has 0 radical (unpaired) electrons. The smallest absolute Gasteiger partial charge is 0.312 e. The van der Waals surface area contributed by atoms with Gasteiger partial charge in [0.15, 0.2) is 0 Å². The second-order valence-electron chi connectivity index (χ2n) is 3.41. The summed E-state index contributed by atoms with van der Waals surface area (Å²) in [6.45, 7) is 0.748. The lowest BCUT2D eigenvalue weighted by atomic mass is 10.3. The molecule has 14 heavy (non-hydrogen) atoms. The minimum atomic E-state index is -0.0885. The van der Waals surface area contributed by atoms with Crippen molar-refractivity contribution in [3.05, 3.63) is 22.4 Å². The number of hydrogen-bond donors (Lipinski definition) is 1. The van der Waals surface area contributed by atoms with Gasteiger partial charge in [-0.25, -0.2) is 4.79 Å². The Balaban J connectivity index is 2.56. The zero-order chi connectivity index (χ0) is 10.6. The molecule has 4 nitrogen and oxygen atoms in total. The van der Waals surface area contributed by atoms with E-state index in [0.29, 0.717) is 6.42 Å². The van der Waals surface area contributed by atoms with Crippen LogP contribution in [0.1, 0.15) is 5.69 Å². The van der Waals surface area contributed by atoms with Crippen molar-refractivity contribution in [3.63, 3.8) is 0 Å². The first-order chi connectivity index (χ1) is 6.61. The Morgan fingerprint density at radius 1 is 1.50 bits per heavy atom. The van der Waals surface area contributed by atoms with Gasteiger partial charge in [0.05, 0.1) is 18.7 Å². The quantitative estimate of drug-likeness (QED) is 0.662. The van der Waals surface area contributed by atoms with Crippen LogP contribution in [0.25, 0.3) is 0 Å². The summed E-state index contributed by atoms with van der Waals surface area (Å²) in [7, 11) is 5.68. The summed E-state index contributed by atoms with van der Waals surface area (Å²) < 4.78 is 1.57. The van der Waals surface area contributed by atoms with Gasteiger partial charge in [-0.3, -0.25) is 9.47 Å². The van der Waals surface area contributed by atoms with E-state index in [0.717, 1.165) is 12.2 Å². The van der Waals surface area contributed by atoms with Crippen molar-refractivity contribution in [2.24, 2.45) is 7.05 Å². The first-order valence-electron chi connectivity index (χ1n) is 4.45. The molecule has 1 rings (SSSR count). The molecule has 0 spiro atoms. The van der Waals surface area contributed by atoms with Crippen LogP contribution in [0.3, 0.4) is 0 Å². The summed E-state index contributed by atoms with van der Waals surface area (Å²) in [5.41, 5.74) is 0.829. The number of H-pyrrole nitrogens is 1. The van der Waals surface area contributed by atoms with Crippen LogP contribution >= 0.6 is 0 Å². The average Bonchev–Trinajstić information content (AvgIpc) is 2.43. The van der Waals surface area contributed by atoms with Gasteiger partial charge in [-0.2, -0.15) is 0 Å². The molecule has 0 bridgehead atoms. The van der Waals surface area contributed by atoms with Crippen molar-refractivity contribution in [3.8, 4) is 11.8 Å². The van der Waals surface area contributed by atoms with Crippen LogP contribution in [-0.4, -0.2) is 35.1 Å². The van der Waals surface area contributed by atoms with Gasteiger partial charge < -0.3 is 4.98 Å². The van der Waals surface area contributed by atoms with Gasteiger partial charge in [0.2, 0.25) is 0 Å². The van der Waals surface area contributed by atoms with Gasteiger partial charge >= 0.3 is 5.69 Å². The van der Waals surface area contributed by atoms with Crippen LogP contribution < -0.4 is 5.69 Å². The Bertz CT molecular complexity index is 403. The molecule has 1 aromatic heterocycles. The highest BCUT2D eigenvalue weighted by molar-refractivity contribution is 5.12. The lowest BCUT2D eigenvalue weighted by Gasteiger charge is -2.00. The van der Waals surface area contributed by atoms with E-state index in [4.69, 9.17) is 0 Å². The lowest BCUT2D eigenvalue weighted by Crippen LogP contribution is -2.14. The van der Waals surface area contributed by atoms with E-state index >= 15 is 0 Å². The standard InChI is InChI=1S/C10H15N3O/c1-12(2)7-5-4-6-9-8-11-10(14)13(9)3/h8H,6-7H2,1-3H3,(H,11,14). The fraction of sp³-hybridized carbons (Fsp3) is 0.500. The van der Waals surface area contributed by atoms with Gasteiger partial charge in [-0.1, -0.05) is 11.8 Å². The Hall–Kier alpha value is -1.47. The predicted octanol–water partition coefficient (Wildman–Crippen LogP) is -0.179. The van der Waals surface area contributed by atoms with Gasteiger partial charge in [0.1, 0.15) is 0 Å². The van der Waals surface area contributed by atoms with Crippen molar-refractivity contribution in [2.45, 2.75) is 6.42 Å². The van der Waals surface area contributed by atoms with Crippen LogP contribution in [0.4, 0.5) is 0 Å². The molecule has 0 unspecified atom stereocenters. The number of nitrogens with zero attached hydrogens (tertiary/aromatic N) is 2. The first kappa shape index (κ1) is 10.6. The molecule has 1 N–H and O–H groups in total. The summed E-state index contributed by atoms with van der Waals surface area (Å²) in [4.78, 5) is 15.7. The highest BCUT2D eigenvalue weighted by atomic mass is 16.1. The third-order valence-electron chi connectivity index (χ3n) is 1.89. The number of imidazole rings is 1. The summed E-state index contributed by atoms with van der Waals surface area (Å²) in [6, 6.07) is 0. The number of aromatic amines is 1. The molecule has 0 saturated carbocycles. The lowest BCUT2D eigenvalue weighted by molar-refractivity contribution is 0.463. The van der Waals surface area contributed by atoms with E-state index in [1.807, 2.05) is 19.0 Å². The van der Waals surface area contributed by atoms with Crippen LogP contribution in [0.15, 0.2) is 11.0 Å². The maximum absolute atomic E-state index is 11.0. The van der Waals surface area contributed by atoms with Crippen molar-refractivity contribution < 1.29 is 0 Å².